The van der Waals surface area contributed by atoms with Gasteiger partial charge in [0.2, 0.25) is 5.91 Å². The van der Waals surface area contributed by atoms with Gasteiger partial charge < -0.3 is 19.3 Å². The summed E-state index contributed by atoms with van der Waals surface area (Å²) in [5.74, 6) is 1.69. The van der Waals surface area contributed by atoms with Crippen LogP contribution in [0.2, 0.25) is 0 Å². The highest BCUT2D eigenvalue weighted by Gasteiger charge is 2.35. The highest BCUT2D eigenvalue weighted by atomic mass is 79.9. The van der Waals surface area contributed by atoms with Crippen molar-refractivity contribution in [2.24, 2.45) is 5.92 Å². The number of ether oxygens (including phenoxy) is 2. The molecule has 8 nitrogen and oxygen atoms in total. The fourth-order valence-corrected chi connectivity index (χ4v) is 6.27. The number of carbonyl (C=O) groups is 2. The van der Waals surface area contributed by atoms with Crippen molar-refractivity contribution in [1.82, 2.24) is 19.6 Å². The number of halogens is 1. The number of aromatic nitrogens is 2. The van der Waals surface area contributed by atoms with Gasteiger partial charge in [-0.3, -0.25) is 9.59 Å². The molecule has 0 radical (unpaired) electrons. The smallest absolute Gasteiger partial charge is 0.274 e. The van der Waals surface area contributed by atoms with Crippen LogP contribution < -0.4 is 9.47 Å². The molecule has 188 valence electrons. The minimum atomic E-state index is -0.113. The fraction of sp³-hybridized carbons (Fsp3) is 0.423. The molecular weight excluding hydrogens is 544 g/mol. The molecule has 0 spiro atoms. The van der Waals surface area contributed by atoms with Crippen molar-refractivity contribution in [2.75, 3.05) is 33.3 Å². The van der Waals surface area contributed by atoms with Gasteiger partial charge in [0.05, 0.1) is 23.0 Å². The first-order valence-corrected chi connectivity index (χ1v) is 14.0. The van der Waals surface area contributed by atoms with Crippen molar-refractivity contribution >= 4 is 39.1 Å². The second-order valence-electron chi connectivity index (χ2n) is 9.44. The Kier molecular flexibility index (Phi) is 6.25. The third-order valence-electron chi connectivity index (χ3n) is 7.37. The third kappa shape index (κ3) is 4.00. The molecule has 10 heteroatoms. The first-order valence-electron chi connectivity index (χ1n) is 12.3. The summed E-state index contributed by atoms with van der Waals surface area (Å²) in [7, 11) is 1.62. The van der Waals surface area contributed by atoms with Crippen LogP contribution in [0.3, 0.4) is 0 Å². The van der Waals surface area contributed by atoms with E-state index in [0.29, 0.717) is 43.4 Å². The lowest BCUT2D eigenvalue weighted by atomic mass is 9.84. The lowest BCUT2D eigenvalue weighted by Crippen LogP contribution is -2.41. The van der Waals surface area contributed by atoms with E-state index in [-0.39, 0.29) is 24.3 Å². The first-order chi connectivity index (χ1) is 17.5. The summed E-state index contributed by atoms with van der Waals surface area (Å²) in [6.07, 6.45) is 3.90. The highest BCUT2D eigenvalue weighted by Crippen LogP contribution is 2.45. The van der Waals surface area contributed by atoms with E-state index in [4.69, 9.17) is 14.6 Å². The van der Waals surface area contributed by atoms with Crippen molar-refractivity contribution in [3.63, 3.8) is 0 Å². The van der Waals surface area contributed by atoms with Crippen LogP contribution in [-0.4, -0.2) is 64.7 Å². The summed E-state index contributed by atoms with van der Waals surface area (Å²) < 4.78 is 14.2. The maximum absolute atomic E-state index is 13.8. The fourth-order valence-electron chi connectivity index (χ4n) is 5.15. The number of nitrogens with zero attached hydrogens (tertiary/aromatic N) is 4. The van der Waals surface area contributed by atoms with Crippen LogP contribution in [0.4, 0.5) is 0 Å². The minimum absolute atomic E-state index is 0.113. The molecule has 1 aromatic carbocycles. The van der Waals surface area contributed by atoms with Gasteiger partial charge in [-0.25, -0.2) is 4.68 Å². The van der Waals surface area contributed by atoms with Gasteiger partial charge in [-0.1, -0.05) is 6.42 Å². The number of thiophene rings is 1. The Morgan fingerprint density at radius 1 is 1.14 bits per heavy atom. The number of hydrogen-bond acceptors (Lipinski definition) is 6. The Bertz CT molecular complexity index is 1320. The molecule has 3 aromatic rings. The molecule has 2 fully saturated rings. The number of methoxy groups -OCH3 is 1. The van der Waals surface area contributed by atoms with Crippen LogP contribution in [0.25, 0.3) is 16.9 Å². The summed E-state index contributed by atoms with van der Waals surface area (Å²) in [6, 6.07) is 5.81. The molecule has 1 saturated carbocycles. The van der Waals surface area contributed by atoms with Gasteiger partial charge in [0, 0.05) is 54.7 Å². The Labute approximate surface area is 221 Å². The van der Waals surface area contributed by atoms with Crippen molar-refractivity contribution < 1.29 is 19.1 Å². The maximum atomic E-state index is 13.8. The van der Waals surface area contributed by atoms with Crippen LogP contribution in [0.5, 0.6) is 11.5 Å². The summed E-state index contributed by atoms with van der Waals surface area (Å²) in [5, 5.41) is 8.86. The molecular formula is C26H27BrN4O4S. The van der Waals surface area contributed by atoms with Crippen LogP contribution in [0.15, 0.2) is 33.4 Å². The molecule has 36 heavy (non-hydrogen) atoms. The molecule has 3 aliphatic rings. The molecule has 2 amide bonds. The zero-order chi connectivity index (χ0) is 24.8. The lowest BCUT2D eigenvalue weighted by Gasteiger charge is -2.31. The number of hydrogen-bond donors (Lipinski definition) is 0. The van der Waals surface area contributed by atoms with Gasteiger partial charge in [-0.2, -0.15) is 16.4 Å². The average molecular weight is 571 g/mol. The number of fused-ring (bicyclic) bond motifs is 3. The van der Waals surface area contributed by atoms with E-state index in [1.807, 2.05) is 43.4 Å². The summed E-state index contributed by atoms with van der Waals surface area (Å²) >= 11 is 5.17. The summed E-state index contributed by atoms with van der Waals surface area (Å²) in [4.78, 5) is 30.4. The maximum Gasteiger partial charge on any atom is 0.274 e. The molecule has 2 aromatic heterocycles. The summed E-state index contributed by atoms with van der Waals surface area (Å²) in [6.45, 7) is 2.64. The molecule has 1 saturated heterocycles. The number of benzene rings is 1. The monoisotopic (exact) mass is 570 g/mol. The van der Waals surface area contributed by atoms with E-state index in [1.165, 1.54) is 0 Å². The van der Waals surface area contributed by atoms with Crippen LogP contribution in [0, 0.1) is 5.92 Å². The Morgan fingerprint density at radius 3 is 2.67 bits per heavy atom. The van der Waals surface area contributed by atoms with E-state index < -0.39 is 0 Å². The SMILES string of the molecule is COc1cc2c(cc1Br)-c1c(c(C(=O)N3CCCN(C(=O)C4CCC4)CC3)nn1-c1ccsc1)CO2. The number of carbonyl (C=O) groups excluding carboxylic acids is 2. The van der Waals surface area contributed by atoms with Gasteiger partial charge in [0.15, 0.2) is 5.69 Å². The van der Waals surface area contributed by atoms with Crippen molar-refractivity contribution in [1.29, 1.82) is 0 Å². The predicted molar refractivity (Wildman–Crippen MR) is 140 cm³/mol. The molecule has 1 aliphatic carbocycles. The van der Waals surface area contributed by atoms with Crippen LogP contribution in [-0.2, 0) is 11.4 Å². The minimum Gasteiger partial charge on any atom is -0.495 e. The lowest BCUT2D eigenvalue weighted by molar-refractivity contribution is -0.138. The molecule has 6 rings (SSSR count). The quantitative estimate of drug-likeness (QED) is 0.453. The van der Waals surface area contributed by atoms with Gasteiger partial charge in [-0.05, 0) is 52.7 Å². The highest BCUT2D eigenvalue weighted by molar-refractivity contribution is 9.10. The topological polar surface area (TPSA) is 76.9 Å². The standard InChI is InChI=1S/C26H27BrN4O4S/c1-34-22-13-21-18(12-20(22)27)24-19(14-35-21)23(28-31(24)17-6-11-36-15-17)26(33)30-8-3-7-29(9-10-30)25(32)16-4-2-5-16/h6,11-13,15-16H,2-5,7-10,14H2,1H3. The predicted octanol–water partition coefficient (Wildman–Crippen LogP) is 4.74. The van der Waals surface area contributed by atoms with Crippen molar-refractivity contribution in [3.05, 3.63) is 44.7 Å². The molecule has 0 atom stereocenters. The van der Waals surface area contributed by atoms with Gasteiger partial charge in [0.25, 0.3) is 5.91 Å². The van der Waals surface area contributed by atoms with Gasteiger partial charge >= 0.3 is 0 Å². The van der Waals surface area contributed by atoms with Gasteiger partial charge in [0.1, 0.15) is 18.1 Å². The molecule has 0 N–H and O–H groups in total. The molecule has 0 bridgehead atoms. The Hall–Kier alpha value is -2.85. The van der Waals surface area contributed by atoms with Crippen molar-refractivity contribution in [2.45, 2.75) is 32.3 Å². The number of rotatable bonds is 4. The van der Waals surface area contributed by atoms with Crippen LogP contribution >= 0.6 is 27.3 Å². The zero-order valence-corrected chi connectivity index (χ0v) is 22.4. The normalized spacial score (nSPS) is 17.5. The van der Waals surface area contributed by atoms with E-state index in [0.717, 1.165) is 52.7 Å². The van der Waals surface area contributed by atoms with E-state index >= 15 is 0 Å². The summed E-state index contributed by atoms with van der Waals surface area (Å²) in [5.41, 5.74) is 3.81. The second kappa shape index (κ2) is 9.55. The first kappa shape index (κ1) is 23.5. The van der Waals surface area contributed by atoms with Crippen molar-refractivity contribution in [3.8, 4) is 28.4 Å². The molecule has 2 aliphatic heterocycles. The van der Waals surface area contributed by atoms with E-state index in [9.17, 15) is 9.59 Å². The molecule has 0 unspecified atom stereocenters. The third-order valence-corrected chi connectivity index (χ3v) is 8.66. The molecule has 4 heterocycles. The number of amides is 2. The Balaban J connectivity index is 1.34. The zero-order valence-electron chi connectivity index (χ0n) is 20.0. The van der Waals surface area contributed by atoms with E-state index in [1.54, 1.807) is 18.4 Å². The average Bonchev–Trinajstić information content (AvgIpc) is 3.44. The van der Waals surface area contributed by atoms with E-state index in [2.05, 4.69) is 15.9 Å². The Morgan fingerprint density at radius 2 is 1.94 bits per heavy atom. The second-order valence-corrected chi connectivity index (χ2v) is 11.1. The largest absolute Gasteiger partial charge is 0.495 e. The van der Waals surface area contributed by atoms with Crippen LogP contribution in [0.1, 0.15) is 41.7 Å². The van der Waals surface area contributed by atoms with Gasteiger partial charge in [-0.15, -0.1) is 0 Å².